The van der Waals surface area contributed by atoms with Gasteiger partial charge in [0.1, 0.15) is 0 Å². The number of rotatable bonds is 5. The summed E-state index contributed by atoms with van der Waals surface area (Å²) in [5.41, 5.74) is 2.11. The van der Waals surface area contributed by atoms with Gasteiger partial charge in [0.2, 0.25) is 5.95 Å². The fourth-order valence-electron chi connectivity index (χ4n) is 2.04. The van der Waals surface area contributed by atoms with E-state index in [1.165, 1.54) is 0 Å². The van der Waals surface area contributed by atoms with Crippen LogP contribution in [-0.4, -0.2) is 9.55 Å². The lowest BCUT2D eigenvalue weighted by molar-refractivity contribution is 0.526. The summed E-state index contributed by atoms with van der Waals surface area (Å²) in [6, 6.07) is 7.87. The molecule has 0 unspecified atom stereocenters. The molecule has 0 saturated heterocycles. The molecule has 1 aromatic heterocycles. The number of anilines is 1. The Labute approximate surface area is 119 Å². The molecule has 0 fully saturated rings. The van der Waals surface area contributed by atoms with Crippen molar-refractivity contribution in [3.05, 3.63) is 46.7 Å². The van der Waals surface area contributed by atoms with E-state index in [-0.39, 0.29) is 0 Å². The first-order valence-electron chi connectivity index (χ1n) is 6.57. The van der Waals surface area contributed by atoms with Gasteiger partial charge in [0, 0.05) is 24.3 Å². The SMILES string of the molecule is Cc1cn(CC(C)C)c(NCc2ccccc2Cl)n1. The number of hydrogen-bond donors (Lipinski definition) is 1. The molecule has 0 atom stereocenters. The molecule has 2 aromatic rings. The highest BCUT2D eigenvalue weighted by molar-refractivity contribution is 6.31. The van der Waals surface area contributed by atoms with Crippen molar-refractivity contribution in [1.82, 2.24) is 9.55 Å². The Morgan fingerprint density at radius 2 is 2.05 bits per heavy atom. The average Bonchev–Trinajstić information content (AvgIpc) is 2.67. The van der Waals surface area contributed by atoms with Crippen LogP contribution in [0.3, 0.4) is 0 Å². The van der Waals surface area contributed by atoms with E-state index in [0.717, 1.165) is 28.8 Å². The number of benzene rings is 1. The number of nitrogens with zero attached hydrogens (tertiary/aromatic N) is 2. The molecule has 2 rings (SSSR count). The predicted octanol–water partition coefficient (Wildman–Crippen LogP) is 4.11. The van der Waals surface area contributed by atoms with Gasteiger partial charge in [-0.3, -0.25) is 0 Å². The Hall–Kier alpha value is -1.48. The fraction of sp³-hybridized carbons (Fsp3) is 0.400. The smallest absolute Gasteiger partial charge is 0.203 e. The number of aryl methyl sites for hydroxylation is 1. The zero-order chi connectivity index (χ0) is 13.8. The Balaban J connectivity index is 2.09. The van der Waals surface area contributed by atoms with Crippen LogP contribution in [0.1, 0.15) is 25.1 Å². The van der Waals surface area contributed by atoms with E-state index < -0.39 is 0 Å². The highest BCUT2D eigenvalue weighted by Gasteiger charge is 2.07. The first-order valence-corrected chi connectivity index (χ1v) is 6.95. The Kier molecular flexibility index (Phi) is 4.48. The zero-order valence-electron chi connectivity index (χ0n) is 11.7. The zero-order valence-corrected chi connectivity index (χ0v) is 12.4. The summed E-state index contributed by atoms with van der Waals surface area (Å²) >= 11 is 6.15. The number of hydrogen-bond acceptors (Lipinski definition) is 2. The topological polar surface area (TPSA) is 29.9 Å². The third-order valence-corrected chi connectivity index (χ3v) is 3.22. The van der Waals surface area contributed by atoms with E-state index in [1.807, 2.05) is 31.2 Å². The monoisotopic (exact) mass is 277 g/mol. The summed E-state index contributed by atoms with van der Waals surface area (Å²) < 4.78 is 2.16. The molecule has 4 heteroatoms. The highest BCUT2D eigenvalue weighted by Crippen LogP contribution is 2.17. The molecule has 0 aliphatic carbocycles. The Morgan fingerprint density at radius 1 is 1.32 bits per heavy atom. The number of halogens is 1. The van der Waals surface area contributed by atoms with Crippen molar-refractivity contribution >= 4 is 17.5 Å². The molecule has 0 aliphatic rings. The van der Waals surface area contributed by atoms with Crippen LogP contribution < -0.4 is 5.32 Å². The van der Waals surface area contributed by atoms with E-state index in [1.54, 1.807) is 0 Å². The van der Waals surface area contributed by atoms with Gasteiger partial charge in [-0.2, -0.15) is 0 Å². The van der Waals surface area contributed by atoms with Crippen molar-refractivity contribution in [2.24, 2.45) is 5.92 Å². The molecular weight excluding hydrogens is 258 g/mol. The van der Waals surface area contributed by atoms with Gasteiger partial charge >= 0.3 is 0 Å². The molecule has 0 aliphatic heterocycles. The lowest BCUT2D eigenvalue weighted by Crippen LogP contribution is -2.10. The third-order valence-electron chi connectivity index (χ3n) is 2.85. The summed E-state index contributed by atoms with van der Waals surface area (Å²) in [5.74, 6) is 1.50. The molecule has 1 N–H and O–H groups in total. The summed E-state index contributed by atoms with van der Waals surface area (Å²) in [6.07, 6.45) is 2.08. The lowest BCUT2D eigenvalue weighted by Gasteiger charge is -2.12. The van der Waals surface area contributed by atoms with Gasteiger partial charge in [-0.1, -0.05) is 43.6 Å². The van der Waals surface area contributed by atoms with Crippen molar-refractivity contribution in [3.63, 3.8) is 0 Å². The van der Waals surface area contributed by atoms with Crippen LogP contribution in [-0.2, 0) is 13.1 Å². The van der Waals surface area contributed by atoms with Crippen molar-refractivity contribution < 1.29 is 0 Å². The molecule has 102 valence electrons. The van der Waals surface area contributed by atoms with Crippen LogP contribution in [0.2, 0.25) is 5.02 Å². The molecule has 0 radical (unpaired) electrons. The first-order chi connectivity index (χ1) is 9.06. The minimum Gasteiger partial charge on any atom is -0.352 e. The molecule has 1 aromatic carbocycles. The lowest BCUT2D eigenvalue weighted by atomic mass is 10.2. The number of imidazole rings is 1. The molecule has 0 amide bonds. The van der Waals surface area contributed by atoms with Gasteiger partial charge in [-0.05, 0) is 24.5 Å². The predicted molar refractivity (Wildman–Crippen MR) is 80.6 cm³/mol. The van der Waals surface area contributed by atoms with E-state index in [2.05, 4.69) is 34.9 Å². The van der Waals surface area contributed by atoms with Crippen molar-refractivity contribution in [2.75, 3.05) is 5.32 Å². The Morgan fingerprint density at radius 3 is 2.74 bits per heavy atom. The van der Waals surface area contributed by atoms with Crippen LogP contribution in [0.15, 0.2) is 30.5 Å². The van der Waals surface area contributed by atoms with Crippen molar-refractivity contribution in [2.45, 2.75) is 33.9 Å². The molecule has 19 heavy (non-hydrogen) atoms. The van der Waals surface area contributed by atoms with Gasteiger partial charge in [0.05, 0.1) is 5.69 Å². The summed E-state index contributed by atoms with van der Waals surface area (Å²) in [4.78, 5) is 4.52. The van der Waals surface area contributed by atoms with Crippen LogP contribution >= 0.6 is 11.6 Å². The summed E-state index contributed by atoms with van der Waals surface area (Å²) in [5, 5.41) is 4.15. The minimum absolute atomic E-state index is 0.592. The van der Waals surface area contributed by atoms with Crippen LogP contribution in [0.25, 0.3) is 0 Å². The van der Waals surface area contributed by atoms with E-state index in [9.17, 15) is 0 Å². The molecule has 1 heterocycles. The first kappa shape index (κ1) is 13.9. The number of aromatic nitrogens is 2. The van der Waals surface area contributed by atoms with Gasteiger partial charge in [-0.25, -0.2) is 4.98 Å². The Bertz CT molecular complexity index is 546. The molecule has 0 spiro atoms. The molecule has 3 nitrogen and oxygen atoms in total. The maximum absolute atomic E-state index is 6.15. The van der Waals surface area contributed by atoms with E-state index in [4.69, 9.17) is 11.6 Å². The summed E-state index contributed by atoms with van der Waals surface area (Å²) in [6.45, 7) is 8.07. The highest BCUT2D eigenvalue weighted by atomic mass is 35.5. The normalized spacial score (nSPS) is 11.0. The second-order valence-corrected chi connectivity index (χ2v) is 5.60. The van der Waals surface area contributed by atoms with Crippen LogP contribution in [0.4, 0.5) is 5.95 Å². The second kappa shape index (κ2) is 6.11. The maximum Gasteiger partial charge on any atom is 0.203 e. The minimum atomic E-state index is 0.592. The van der Waals surface area contributed by atoms with Gasteiger partial charge in [0.15, 0.2) is 0 Å². The van der Waals surface area contributed by atoms with E-state index >= 15 is 0 Å². The molecule has 0 saturated carbocycles. The van der Waals surface area contributed by atoms with Gasteiger partial charge in [-0.15, -0.1) is 0 Å². The van der Waals surface area contributed by atoms with Crippen LogP contribution in [0.5, 0.6) is 0 Å². The molecular formula is C15H20ClN3. The fourth-order valence-corrected chi connectivity index (χ4v) is 2.24. The summed E-state index contributed by atoms with van der Waals surface area (Å²) in [7, 11) is 0. The third kappa shape index (κ3) is 3.74. The van der Waals surface area contributed by atoms with Crippen molar-refractivity contribution in [3.8, 4) is 0 Å². The van der Waals surface area contributed by atoms with E-state index in [0.29, 0.717) is 12.5 Å². The largest absolute Gasteiger partial charge is 0.352 e. The quantitative estimate of drug-likeness (QED) is 0.891. The van der Waals surface area contributed by atoms with Crippen molar-refractivity contribution in [1.29, 1.82) is 0 Å². The average molecular weight is 278 g/mol. The maximum atomic E-state index is 6.15. The second-order valence-electron chi connectivity index (χ2n) is 5.20. The van der Waals surface area contributed by atoms with Gasteiger partial charge < -0.3 is 9.88 Å². The van der Waals surface area contributed by atoms with Gasteiger partial charge in [0.25, 0.3) is 0 Å². The number of nitrogens with one attached hydrogen (secondary N) is 1. The van der Waals surface area contributed by atoms with Crippen LogP contribution in [0, 0.1) is 12.8 Å². The standard InChI is InChI=1S/C15H20ClN3/c1-11(2)9-19-10-12(3)18-15(19)17-8-13-6-4-5-7-14(13)16/h4-7,10-11H,8-9H2,1-3H3,(H,17,18). The molecule has 0 bridgehead atoms.